The summed E-state index contributed by atoms with van der Waals surface area (Å²) in [7, 11) is -4.94. The number of nitrogens with one attached hydrogen (secondary N) is 1. The van der Waals surface area contributed by atoms with Crippen LogP contribution < -0.4 is 5.32 Å². The molecule has 0 rings (SSSR count). The van der Waals surface area contributed by atoms with Gasteiger partial charge in [0.15, 0.2) is 0 Å². The lowest BCUT2D eigenvalue weighted by molar-refractivity contribution is 0.0699. The molecule has 0 aliphatic heterocycles. The maximum Gasteiger partial charge on any atom is 0.500 e. The summed E-state index contributed by atoms with van der Waals surface area (Å²) in [6.45, 7) is 18.0. The van der Waals surface area contributed by atoms with Gasteiger partial charge in [0.2, 0.25) is 0 Å². The van der Waals surface area contributed by atoms with Crippen molar-refractivity contribution >= 4 is 17.6 Å². The van der Waals surface area contributed by atoms with Crippen molar-refractivity contribution in [2.24, 2.45) is 0 Å². The van der Waals surface area contributed by atoms with Crippen LogP contribution in [0.25, 0.3) is 0 Å². The van der Waals surface area contributed by atoms with Crippen LogP contribution >= 0.6 is 0 Å². The lowest BCUT2D eigenvalue weighted by atomic mass is 10.1. The molecular formula is C23H53NO6Si2. The molecule has 0 saturated carbocycles. The third-order valence-electron chi connectivity index (χ3n) is 5.11. The van der Waals surface area contributed by atoms with E-state index in [2.05, 4.69) is 5.32 Å². The number of unbranched alkanes of at least 4 members (excludes halogenated alkanes) is 5. The molecule has 0 unspecified atom stereocenters. The normalized spacial score (nSPS) is 12.6. The second-order valence-electron chi connectivity index (χ2n) is 7.69. The average molecular weight is 496 g/mol. The Bertz CT molecular complexity index is 337. The Morgan fingerprint density at radius 3 is 1.12 bits per heavy atom. The molecular weight excluding hydrogens is 442 g/mol. The fourth-order valence-corrected chi connectivity index (χ4v) is 9.15. The zero-order valence-corrected chi connectivity index (χ0v) is 24.0. The Balaban J connectivity index is 3.85. The van der Waals surface area contributed by atoms with E-state index in [0.29, 0.717) is 39.6 Å². The minimum atomic E-state index is -2.48. The molecule has 0 aromatic heterocycles. The zero-order chi connectivity index (χ0) is 24.0. The summed E-state index contributed by atoms with van der Waals surface area (Å²) < 4.78 is 35.5. The topological polar surface area (TPSA) is 67.4 Å². The predicted octanol–water partition coefficient (Wildman–Crippen LogP) is 5.40. The van der Waals surface area contributed by atoms with E-state index >= 15 is 0 Å². The van der Waals surface area contributed by atoms with Gasteiger partial charge in [-0.15, -0.1) is 0 Å². The van der Waals surface area contributed by atoms with E-state index < -0.39 is 17.6 Å². The van der Waals surface area contributed by atoms with Crippen LogP contribution in [0, 0.1) is 0 Å². The van der Waals surface area contributed by atoms with Crippen molar-refractivity contribution in [1.29, 1.82) is 0 Å². The second kappa shape index (κ2) is 21.7. The van der Waals surface area contributed by atoms with Crippen LogP contribution in [0.4, 0.5) is 0 Å². The minimum Gasteiger partial charge on any atom is -0.374 e. The first kappa shape index (κ1) is 32.2. The highest BCUT2D eigenvalue weighted by Gasteiger charge is 2.40. The first-order valence-corrected chi connectivity index (χ1v) is 17.0. The SMILES string of the molecule is CCO[Si](CCCCCCCCNCCC[Si](OCC)(OCC)OCC)(OCC)OCC. The zero-order valence-electron chi connectivity index (χ0n) is 22.0. The van der Waals surface area contributed by atoms with Crippen LogP contribution in [-0.4, -0.2) is 70.3 Å². The van der Waals surface area contributed by atoms with E-state index in [9.17, 15) is 0 Å². The summed E-state index contributed by atoms with van der Waals surface area (Å²) in [5.41, 5.74) is 0. The van der Waals surface area contributed by atoms with Gasteiger partial charge < -0.3 is 31.9 Å². The Labute approximate surface area is 201 Å². The van der Waals surface area contributed by atoms with Crippen molar-refractivity contribution in [3.05, 3.63) is 0 Å². The Hall–Kier alpha value is 0.154. The number of hydrogen-bond donors (Lipinski definition) is 1. The lowest BCUT2D eigenvalue weighted by Gasteiger charge is -2.28. The molecule has 0 spiro atoms. The average Bonchev–Trinajstić information content (AvgIpc) is 2.76. The van der Waals surface area contributed by atoms with Crippen LogP contribution in [0.15, 0.2) is 0 Å². The van der Waals surface area contributed by atoms with Crippen molar-refractivity contribution in [2.45, 2.75) is 98.6 Å². The van der Waals surface area contributed by atoms with Crippen LogP contribution in [0.2, 0.25) is 12.1 Å². The number of hydrogen-bond acceptors (Lipinski definition) is 7. The van der Waals surface area contributed by atoms with E-state index in [1.165, 1.54) is 32.1 Å². The van der Waals surface area contributed by atoms with Gasteiger partial charge in [-0.25, -0.2) is 0 Å². The van der Waals surface area contributed by atoms with Crippen molar-refractivity contribution in [2.75, 3.05) is 52.7 Å². The monoisotopic (exact) mass is 495 g/mol. The van der Waals surface area contributed by atoms with Crippen molar-refractivity contribution < 1.29 is 26.6 Å². The van der Waals surface area contributed by atoms with Gasteiger partial charge in [0.1, 0.15) is 0 Å². The summed E-state index contributed by atoms with van der Waals surface area (Å²) in [5.74, 6) is 0. The Morgan fingerprint density at radius 2 is 0.719 bits per heavy atom. The molecule has 0 saturated heterocycles. The van der Waals surface area contributed by atoms with Gasteiger partial charge >= 0.3 is 17.6 Å². The quantitative estimate of drug-likeness (QED) is 0.134. The van der Waals surface area contributed by atoms with Gasteiger partial charge in [0.05, 0.1) is 0 Å². The van der Waals surface area contributed by atoms with Crippen molar-refractivity contribution in [3.63, 3.8) is 0 Å². The molecule has 0 aliphatic rings. The largest absolute Gasteiger partial charge is 0.500 e. The molecule has 0 radical (unpaired) electrons. The molecule has 0 bridgehead atoms. The molecule has 0 aromatic carbocycles. The molecule has 0 amide bonds. The maximum absolute atomic E-state index is 5.93. The van der Waals surface area contributed by atoms with Crippen LogP contribution in [-0.2, 0) is 26.6 Å². The van der Waals surface area contributed by atoms with Gasteiger partial charge in [-0.3, -0.25) is 0 Å². The van der Waals surface area contributed by atoms with Crippen LogP contribution in [0.5, 0.6) is 0 Å². The van der Waals surface area contributed by atoms with E-state index in [1.54, 1.807) is 0 Å². The molecule has 0 aliphatic carbocycles. The smallest absolute Gasteiger partial charge is 0.374 e. The summed E-state index contributed by atoms with van der Waals surface area (Å²) in [6, 6.07) is 1.81. The summed E-state index contributed by atoms with van der Waals surface area (Å²) in [6.07, 6.45) is 8.40. The van der Waals surface area contributed by atoms with Crippen molar-refractivity contribution in [3.8, 4) is 0 Å². The predicted molar refractivity (Wildman–Crippen MR) is 136 cm³/mol. The second-order valence-corrected chi connectivity index (χ2v) is 13.2. The molecule has 9 heteroatoms. The standard InChI is InChI=1S/C23H53NO6Si2/c1-7-25-31(26-8-2,27-9-3)22-18-16-14-13-15-17-20-24-21-19-23-32(28-10-4,29-11-5)30-12-6/h24H,7-23H2,1-6H3. The first-order chi connectivity index (χ1) is 15.6. The van der Waals surface area contributed by atoms with E-state index in [1.807, 2.05) is 41.5 Å². The van der Waals surface area contributed by atoms with Gasteiger partial charge in [0, 0.05) is 51.7 Å². The van der Waals surface area contributed by atoms with Gasteiger partial charge in [-0.2, -0.15) is 0 Å². The molecule has 7 nitrogen and oxygen atoms in total. The Morgan fingerprint density at radius 1 is 0.406 bits per heavy atom. The molecule has 0 aromatic rings. The third kappa shape index (κ3) is 15.1. The maximum atomic E-state index is 5.93. The fourth-order valence-electron chi connectivity index (χ4n) is 3.86. The highest BCUT2D eigenvalue weighted by molar-refractivity contribution is 6.61. The van der Waals surface area contributed by atoms with Crippen molar-refractivity contribution in [1.82, 2.24) is 5.32 Å². The first-order valence-electron chi connectivity index (χ1n) is 13.1. The van der Waals surface area contributed by atoms with E-state index in [-0.39, 0.29) is 0 Å². The third-order valence-corrected chi connectivity index (χ3v) is 11.4. The molecule has 0 atom stereocenters. The van der Waals surface area contributed by atoms with E-state index in [4.69, 9.17) is 26.6 Å². The molecule has 0 fully saturated rings. The molecule has 32 heavy (non-hydrogen) atoms. The van der Waals surface area contributed by atoms with E-state index in [0.717, 1.165) is 38.0 Å². The molecule has 1 N–H and O–H groups in total. The summed E-state index contributed by atoms with van der Waals surface area (Å²) in [5, 5.41) is 3.56. The lowest BCUT2D eigenvalue weighted by Crippen LogP contribution is -2.46. The van der Waals surface area contributed by atoms with Gasteiger partial charge in [-0.1, -0.05) is 25.7 Å². The fraction of sp³-hybridized carbons (Fsp3) is 1.00. The summed E-state index contributed by atoms with van der Waals surface area (Å²) in [4.78, 5) is 0. The molecule has 0 heterocycles. The molecule has 194 valence electrons. The summed E-state index contributed by atoms with van der Waals surface area (Å²) >= 11 is 0. The van der Waals surface area contributed by atoms with Gasteiger partial charge in [0.25, 0.3) is 0 Å². The Kier molecular flexibility index (Phi) is 21.8. The van der Waals surface area contributed by atoms with Crippen LogP contribution in [0.1, 0.15) is 86.5 Å². The highest BCUT2D eigenvalue weighted by Crippen LogP contribution is 2.21. The van der Waals surface area contributed by atoms with Crippen LogP contribution in [0.3, 0.4) is 0 Å². The van der Waals surface area contributed by atoms with Gasteiger partial charge in [-0.05, 0) is 73.9 Å². The minimum absolute atomic E-state index is 0.645. The number of rotatable bonds is 25. The highest BCUT2D eigenvalue weighted by atomic mass is 28.4.